The van der Waals surface area contributed by atoms with Gasteiger partial charge in [-0.3, -0.25) is 4.90 Å². The Morgan fingerprint density at radius 2 is 2.14 bits per heavy atom. The van der Waals surface area contributed by atoms with Gasteiger partial charge < -0.3 is 4.98 Å². The second-order valence-corrected chi connectivity index (χ2v) is 6.28. The van der Waals surface area contributed by atoms with Gasteiger partial charge in [-0.1, -0.05) is 36.4 Å². The number of aromatic amines is 1. The largest absolute Gasteiger partial charge is 0.355 e. The monoisotopic (exact) mass is 278 g/mol. The molecule has 1 aromatic heterocycles. The van der Waals surface area contributed by atoms with Gasteiger partial charge in [-0.2, -0.15) is 0 Å². The Balaban J connectivity index is 1.91. The van der Waals surface area contributed by atoms with Gasteiger partial charge in [-0.25, -0.2) is 0 Å². The molecule has 2 bridgehead atoms. The van der Waals surface area contributed by atoms with Gasteiger partial charge in [0.1, 0.15) is 0 Å². The van der Waals surface area contributed by atoms with Gasteiger partial charge in [0.05, 0.1) is 0 Å². The van der Waals surface area contributed by atoms with Gasteiger partial charge in [0.15, 0.2) is 0 Å². The van der Waals surface area contributed by atoms with Crippen molar-refractivity contribution in [1.82, 2.24) is 9.88 Å². The second kappa shape index (κ2) is 4.88. The highest BCUT2D eigenvalue weighted by molar-refractivity contribution is 5.89. The Morgan fingerprint density at radius 1 is 1.29 bits per heavy atom. The molecule has 1 unspecified atom stereocenters. The first-order valence-corrected chi connectivity index (χ1v) is 7.94. The third-order valence-electron chi connectivity index (χ3n) is 5.19. The molecule has 1 saturated heterocycles. The number of benzene rings is 1. The molecule has 3 aliphatic heterocycles. The van der Waals surface area contributed by atoms with Crippen LogP contribution in [0.5, 0.6) is 0 Å². The van der Waals surface area contributed by atoms with Crippen LogP contribution in [-0.4, -0.2) is 29.5 Å². The Morgan fingerprint density at radius 3 is 3.00 bits per heavy atom. The molecule has 2 aromatic rings. The maximum atomic E-state index is 4.48. The minimum absolute atomic E-state index is 0.510. The number of hydrogen-bond donors (Lipinski definition) is 1. The zero-order valence-electron chi connectivity index (χ0n) is 12.7. The third kappa shape index (κ3) is 1.97. The average Bonchev–Trinajstić information content (AvgIpc) is 2.93. The van der Waals surface area contributed by atoms with E-state index in [9.17, 15) is 0 Å². The van der Waals surface area contributed by atoms with E-state index in [1.807, 2.05) is 0 Å². The molecule has 1 aromatic carbocycles. The third-order valence-corrected chi connectivity index (χ3v) is 5.19. The van der Waals surface area contributed by atoms with Crippen molar-refractivity contribution in [1.29, 1.82) is 0 Å². The highest BCUT2D eigenvalue weighted by Gasteiger charge is 2.30. The molecular weight excluding hydrogens is 256 g/mol. The summed E-state index contributed by atoms with van der Waals surface area (Å²) in [5, 5.41) is 1.37. The van der Waals surface area contributed by atoms with E-state index in [4.69, 9.17) is 0 Å². The molecule has 4 heterocycles. The van der Waals surface area contributed by atoms with E-state index < -0.39 is 0 Å². The number of piperidine rings is 1. The number of aromatic nitrogens is 1. The van der Waals surface area contributed by atoms with Gasteiger partial charge >= 0.3 is 0 Å². The van der Waals surface area contributed by atoms with E-state index >= 15 is 0 Å². The smallest absolute Gasteiger partial charge is 0.0461 e. The average molecular weight is 278 g/mol. The first-order valence-electron chi connectivity index (χ1n) is 7.94. The number of nitrogens with zero attached hydrogens (tertiary/aromatic N) is 1. The molecular formula is C19H22N2. The van der Waals surface area contributed by atoms with Crippen LogP contribution in [-0.2, 0) is 6.42 Å². The number of para-hydroxylation sites is 1. The topological polar surface area (TPSA) is 19.0 Å². The molecule has 0 aliphatic carbocycles. The molecule has 0 radical (unpaired) electrons. The normalized spacial score (nSPS) is 27.5. The maximum Gasteiger partial charge on any atom is 0.0461 e. The lowest BCUT2D eigenvalue weighted by Crippen LogP contribution is -2.36. The van der Waals surface area contributed by atoms with Crippen LogP contribution in [0.4, 0.5) is 0 Å². The van der Waals surface area contributed by atoms with Crippen LogP contribution in [0, 0.1) is 5.92 Å². The number of fused-ring (bicyclic) bond motifs is 4. The van der Waals surface area contributed by atoms with Crippen LogP contribution in [0.15, 0.2) is 42.5 Å². The number of rotatable bonds is 0. The molecule has 2 heteroatoms. The lowest BCUT2D eigenvalue weighted by atomic mass is 9.84. The van der Waals surface area contributed by atoms with Gasteiger partial charge in [-0.15, -0.1) is 0 Å². The summed E-state index contributed by atoms with van der Waals surface area (Å²) in [6.07, 6.45) is 4.62. The van der Waals surface area contributed by atoms with E-state index in [1.54, 1.807) is 0 Å². The first-order chi connectivity index (χ1) is 10.3. The summed E-state index contributed by atoms with van der Waals surface area (Å²) in [7, 11) is 0. The molecule has 5 rings (SSSR count). The summed E-state index contributed by atoms with van der Waals surface area (Å²) in [6, 6.07) is 8.66. The van der Waals surface area contributed by atoms with Crippen LogP contribution in [0.1, 0.15) is 24.6 Å². The van der Waals surface area contributed by atoms with Crippen molar-refractivity contribution < 1.29 is 0 Å². The van der Waals surface area contributed by atoms with Crippen LogP contribution in [0.2, 0.25) is 0 Å². The minimum Gasteiger partial charge on any atom is -0.355 e. The van der Waals surface area contributed by atoms with Crippen molar-refractivity contribution in [2.75, 3.05) is 19.6 Å². The standard InChI is InChI=1S/C19H22N2/c1-3-14-12-21-10-8-15(14)13(2)19-17(9-11-21)16-6-4-5-7-18(16)20-19/h3-7,15,20H,2,8-12H2,1H3/b14-3-/t15-/m1/s1. The van der Waals surface area contributed by atoms with Gasteiger partial charge in [-0.05, 0) is 43.5 Å². The van der Waals surface area contributed by atoms with Gasteiger partial charge in [0.25, 0.3) is 0 Å². The number of nitrogens with one attached hydrogen (secondary N) is 1. The number of allylic oxidation sites excluding steroid dienone is 2. The Labute approximate surface area is 126 Å². The quantitative estimate of drug-likeness (QED) is 0.722. The van der Waals surface area contributed by atoms with E-state index in [0.717, 1.165) is 19.5 Å². The molecule has 21 heavy (non-hydrogen) atoms. The van der Waals surface area contributed by atoms with Crippen LogP contribution in [0.3, 0.4) is 0 Å². The van der Waals surface area contributed by atoms with Gasteiger partial charge in [0.2, 0.25) is 0 Å². The maximum absolute atomic E-state index is 4.48. The van der Waals surface area contributed by atoms with E-state index in [-0.39, 0.29) is 0 Å². The highest BCUT2D eigenvalue weighted by atomic mass is 15.1. The van der Waals surface area contributed by atoms with Crippen molar-refractivity contribution in [3.63, 3.8) is 0 Å². The zero-order valence-corrected chi connectivity index (χ0v) is 12.7. The van der Waals surface area contributed by atoms with E-state index in [1.165, 1.54) is 46.3 Å². The SMILES string of the molecule is C=C1c2[nH]c3ccccc3c2CCN2CC[C@H]1/C(=C\C)C2. The summed E-state index contributed by atoms with van der Waals surface area (Å²) in [4.78, 5) is 6.24. The fraction of sp³-hybridized carbons (Fsp3) is 0.368. The lowest BCUT2D eigenvalue weighted by Gasteiger charge is -2.33. The first kappa shape index (κ1) is 12.9. The summed E-state index contributed by atoms with van der Waals surface area (Å²) >= 11 is 0. The molecule has 2 atom stereocenters. The van der Waals surface area contributed by atoms with Crippen LogP contribution >= 0.6 is 0 Å². The second-order valence-electron chi connectivity index (χ2n) is 6.28. The Bertz CT molecular complexity index is 735. The summed E-state index contributed by atoms with van der Waals surface area (Å²) < 4.78 is 0. The van der Waals surface area contributed by atoms with Gasteiger partial charge in [0, 0.05) is 35.6 Å². The molecule has 108 valence electrons. The molecule has 1 N–H and O–H groups in total. The fourth-order valence-corrected chi connectivity index (χ4v) is 4.00. The lowest BCUT2D eigenvalue weighted by molar-refractivity contribution is 0.255. The summed E-state index contributed by atoms with van der Waals surface area (Å²) in [5.74, 6) is 0.510. The Kier molecular flexibility index (Phi) is 3.00. The summed E-state index contributed by atoms with van der Waals surface area (Å²) in [5.41, 5.74) is 6.83. The van der Waals surface area contributed by atoms with Crippen molar-refractivity contribution >= 4 is 16.5 Å². The van der Waals surface area contributed by atoms with E-state index in [2.05, 4.69) is 53.7 Å². The van der Waals surface area contributed by atoms with Crippen molar-refractivity contribution in [2.45, 2.75) is 19.8 Å². The molecule has 2 nitrogen and oxygen atoms in total. The van der Waals surface area contributed by atoms with Crippen LogP contribution in [0.25, 0.3) is 16.5 Å². The Hall–Kier alpha value is -1.80. The van der Waals surface area contributed by atoms with E-state index in [0.29, 0.717) is 5.92 Å². The van der Waals surface area contributed by atoms with Crippen molar-refractivity contribution in [2.24, 2.45) is 5.92 Å². The summed E-state index contributed by atoms with van der Waals surface area (Å²) in [6.45, 7) is 10.1. The molecule has 1 fully saturated rings. The van der Waals surface area contributed by atoms with Crippen LogP contribution < -0.4 is 0 Å². The fourth-order valence-electron chi connectivity index (χ4n) is 4.00. The predicted molar refractivity (Wildman–Crippen MR) is 89.3 cm³/mol. The minimum atomic E-state index is 0.510. The highest BCUT2D eigenvalue weighted by Crippen LogP contribution is 2.39. The molecule has 3 aliphatic rings. The van der Waals surface area contributed by atoms with Crippen molar-refractivity contribution in [3.8, 4) is 0 Å². The number of hydrogen-bond acceptors (Lipinski definition) is 1. The predicted octanol–water partition coefficient (Wildman–Crippen LogP) is 4.01. The molecule has 0 amide bonds. The zero-order chi connectivity index (χ0) is 14.4. The molecule has 0 spiro atoms. The van der Waals surface area contributed by atoms with Crippen molar-refractivity contribution in [3.05, 3.63) is 53.8 Å². The molecule has 0 saturated carbocycles. The number of H-pyrrole nitrogens is 1.